The highest BCUT2D eigenvalue weighted by Crippen LogP contribution is 2.35. The zero-order chi connectivity index (χ0) is 23.8. The Bertz CT molecular complexity index is 1390. The summed E-state index contributed by atoms with van der Waals surface area (Å²) in [6.07, 6.45) is 0.887. The van der Waals surface area contributed by atoms with Crippen LogP contribution in [0, 0.1) is 0 Å². The van der Waals surface area contributed by atoms with Crippen molar-refractivity contribution >= 4 is 23.4 Å². The molecule has 2 aliphatic rings. The van der Waals surface area contributed by atoms with E-state index in [-0.39, 0.29) is 18.0 Å². The molecule has 0 fully saturated rings. The van der Waals surface area contributed by atoms with E-state index in [1.54, 1.807) is 0 Å². The van der Waals surface area contributed by atoms with Gasteiger partial charge in [0.1, 0.15) is 0 Å². The summed E-state index contributed by atoms with van der Waals surface area (Å²) < 4.78 is 13.1. The number of rotatable bonds is 6. The molecular formula is C27H24N4O3S. The first-order chi connectivity index (χ1) is 17.2. The quantitative estimate of drug-likeness (QED) is 0.367. The zero-order valence-corrected chi connectivity index (χ0v) is 20.1. The van der Waals surface area contributed by atoms with Crippen molar-refractivity contribution in [2.45, 2.75) is 30.3 Å². The molecule has 0 saturated heterocycles. The van der Waals surface area contributed by atoms with Gasteiger partial charge in [0.15, 0.2) is 22.5 Å². The van der Waals surface area contributed by atoms with Gasteiger partial charge in [-0.05, 0) is 42.7 Å². The van der Waals surface area contributed by atoms with Crippen LogP contribution in [0.15, 0.2) is 78.0 Å². The van der Waals surface area contributed by atoms with Crippen molar-refractivity contribution < 1.29 is 14.3 Å². The molecule has 1 atom stereocenters. The van der Waals surface area contributed by atoms with Gasteiger partial charge in [0, 0.05) is 17.8 Å². The summed E-state index contributed by atoms with van der Waals surface area (Å²) in [5.74, 6) is 2.33. The minimum Gasteiger partial charge on any atom is -0.454 e. The van der Waals surface area contributed by atoms with Crippen LogP contribution in [-0.2, 0) is 17.8 Å². The molecular weight excluding hydrogens is 460 g/mol. The first-order valence-electron chi connectivity index (χ1n) is 11.6. The first kappa shape index (κ1) is 21.7. The Morgan fingerprint density at radius 1 is 1.00 bits per heavy atom. The van der Waals surface area contributed by atoms with E-state index in [1.165, 1.54) is 17.3 Å². The number of ether oxygens (including phenoxy) is 2. The van der Waals surface area contributed by atoms with E-state index in [0.717, 1.165) is 40.6 Å². The molecule has 0 spiro atoms. The zero-order valence-electron chi connectivity index (χ0n) is 19.3. The normalized spacial score (nSPS) is 14.7. The smallest absolute Gasteiger partial charge is 0.240 e. The minimum atomic E-state index is -0.315. The second-order valence-electron chi connectivity index (χ2n) is 8.57. The van der Waals surface area contributed by atoms with Gasteiger partial charge >= 0.3 is 0 Å². The summed E-state index contributed by atoms with van der Waals surface area (Å²) in [6.45, 7) is 3.43. The molecule has 1 amide bonds. The third-order valence-corrected chi connectivity index (χ3v) is 7.38. The topological polar surface area (TPSA) is 69.5 Å². The number of aromatic nitrogens is 3. The highest BCUT2D eigenvalue weighted by molar-refractivity contribution is 8.00. The number of para-hydroxylation sites is 1. The molecule has 2 aliphatic heterocycles. The molecule has 3 heterocycles. The van der Waals surface area contributed by atoms with Crippen molar-refractivity contribution in [3.05, 3.63) is 83.9 Å². The maximum absolute atomic E-state index is 13.4. The fourth-order valence-electron chi connectivity index (χ4n) is 4.54. The lowest BCUT2D eigenvalue weighted by Gasteiger charge is -2.21. The van der Waals surface area contributed by atoms with Gasteiger partial charge < -0.3 is 14.4 Å². The largest absolute Gasteiger partial charge is 0.454 e. The third kappa shape index (κ3) is 4.14. The molecule has 3 aromatic carbocycles. The highest BCUT2D eigenvalue weighted by Gasteiger charge is 2.30. The molecule has 1 aromatic heterocycles. The summed E-state index contributed by atoms with van der Waals surface area (Å²) in [4.78, 5) is 15.3. The van der Waals surface area contributed by atoms with E-state index in [0.29, 0.717) is 18.2 Å². The summed E-state index contributed by atoms with van der Waals surface area (Å²) in [5.41, 5.74) is 4.24. The first-order valence-corrected chi connectivity index (χ1v) is 12.5. The fourth-order valence-corrected chi connectivity index (χ4v) is 5.45. The number of hydrogen-bond donors (Lipinski definition) is 0. The standard InChI is InChI=1S/C27H24N4O3S/c1-18(26(32)30-14-13-20-7-5-6-10-22(20)30)35-27-29-28-25(21-8-3-2-4-9-21)31(27)16-19-11-12-23-24(15-19)34-17-33-23/h2-12,15,18H,13-14,16-17H2,1H3/t18-/m1/s1. The van der Waals surface area contributed by atoms with E-state index in [1.807, 2.05) is 78.6 Å². The molecule has 6 rings (SSSR count). The van der Waals surface area contributed by atoms with Crippen molar-refractivity contribution in [1.29, 1.82) is 0 Å². The van der Waals surface area contributed by atoms with Crippen LogP contribution in [-0.4, -0.2) is 39.3 Å². The Hall–Kier alpha value is -3.78. The van der Waals surface area contributed by atoms with Crippen molar-refractivity contribution in [2.24, 2.45) is 0 Å². The van der Waals surface area contributed by atoms with Gasteiger partial charge in [-0.15, -0.1) is 10.2 Å². The second kappa shape index (κ2) is 9.11. The van der Waals surface area contributed by atoms with E-state index in [2.05, 4.69) is 20.8 Å². The number of carbonyl (C=O) groups excluding carboxylic acids is 1. The number of amides is 1. The summed E-state index contributed by atoms with van der Waals surface area (Å²) in [5, 5.41) is 9.40. The summed E-state index contributed by atoms with van der Waals surface area (Å²) in [7, 11) is 0. The number of nitrogens with zero attached hydrogens (tertiary/aromatic N) is 4. The van der Waals surface area contributed by atoms with Crippen LogP contribution in [0.1, 0.15) is 18.1 Å². The predicted molar refractivity (Wildman–Crippen MR) is 135 cm³/mol. The lowest BCUT2D eigenvalue weighted by Crippen LogP contribution is -2.35. The molecule has 8 heteroatoms. The van der Waals surface area contributed by atoms with Gasteiger partial charge in [-0.1, -0.05) is 66.4 Å². The highest BCUT2D eigenvalue weighted by atomic mass is 32.2. The second-order valence-corrected chi connectivity index (χ2v) is 9.88. The lowest BCUT2D eigenvalue weighted by molar-refractivity contribution is -0.117. The molecule has 35 heavy (non-hydrogen) atoms. The Morgan fingerprint density at radius 3 is 2.69 bits per heavy atom. The van der Waals surface area contributed by atoms with Gasteiger partial charge in [-0.3, -0.25) is 9.36 Å². The van der Waals surface area contributed by atoms with Crippen molar-refractivity contribution in [3.8, 4) is 22.9 Å². The fraction of sp³-hybridized carbons (Fsp3) is 0.222. The van der Waals surface area contributed by atoms with Gasteiger partial charge in [-0.2, -0.15) is 0 Å². The molecule has 7 nitrogen and oxygen atoms in total. The van der Waals surface area contributed by atoms with Crippen molar-refractivity contribution in [1.82, 2.24) is 14.8 Å². The number of carbonyl (C=O) groups is 1. The van der Waals surface area contributed by atoms with E-state index in [4.69, 9.17) is 9.47 Å². The third-order valence-electron chi connectivity index (χ3n) is 6.31. The molecule has 0 radical (unpaired) electrons. The average Bonchev–Trinajstić information content (AvgIpc) is 3.63. The number of benzene rings is 3. The lowest BCUT2D eigenvalue weighted by atomic mass is 10.2. The van der Waals surface area contributed by atoms with Crippen LogP contribution in [0.4, 0.5) is 5.69 Å². The number of thioether (sulfide) groups is 1. The Morgan fingerprint density at radius 2 is 1.80 bits per heavy atom. The molecule has 0 bridgehead atoms. The number of hydrogen-bond acceptors (Lipinski definition) is 6. The molecule has 176 valence electrons. The predicted octanol–water partition coefficient (Wildman–Crippen LogP) is 4.79. The molecule has 0 N–H and O–H groups in total. The van der Waals surface area contributed by atoms with Crippen LogP contribution in [0.5, 0.6) is 11.5 Å². The minimum absolute atomic E-state index is 0.0823. The molecule has 0 aliphatic carbocycles. The van der Waals surface area contributed by atoms with Crippen LogP contribution < -0.4 is 14.4 Å². The molecule has 0 saturated carbocycles. The van der Waals surface area contributed by atoms with Crippen LogP contribution in [0.25, 0.3) is 11.4 Å². The van der Waals surface area contributed by atoms with E-state index in [9.17, 15) is 4.79 Å². The molecule has 0 unspecified atom stereocenters. The number of fused-ring (bicyclic) bond motifs is 2. The molecule has 4 aromatic rings. The summed E-state index contributed by atoms with van der Waals surface area (Å²) >= 11 is 1.44. The van der Waals surface area contributed by atoms with Gasteiger partial charge in [0.05, 0.1) is 11.8 Å². The Balaban J connectivity index is 1.30. The maximum Gasteiger partial charge on any atom is 0.240 e. The number of anilines is 1. The van der Waals surface area contributed by atoms with Crippen molar-refractivity contribution in [2.75, 3.05) is 18.2 Å². The van der Waals surface area contributed by atoms with Crippen LogP contribution in [0.3, 0.4) is 0 Å². The van der Waals surface area contributed by atoms with E-state index < -0.39 is 0 Å². The van der Waals surface area contributed by atoms with Crippen LogP contribution >= 0.6 is 11.8 Å². The van der Waals surface area contributed by atoms with Gasteiger partial charge in [0.25, 0.3) is 0 Å². The average molecular weight is 485 g/mol. The van der Waals surface area contributed by atoms with Gasteiger partial charge in [-0.25, -0.2) is 0 Å². The monoisotopic (exact) mass is 484 g/mol. The Labute approximate surface area is 207 Å². The van der Waals surface area contributed by atoms with Crippen LogP contribution in [0.2, 0.25) is 0 Å². The van der Waals surface area contributed by atoms with E-state index >= 15 is 0 Å². The SMILES string of the molecule is C[C@@H](Sc1nnc(-c2ccccc2)n1Cc1ccc2c(c1)OCO2)C(=O)N1CCc2ccccc21. The summed E-state index contributed by atoms with van der Waals surface area (Å²) in [6, 6.07) is 24.0. The van der Waals surface area contributed by atoms with Crippen molar-refractivity contribution in [3.63, 3.8) is 0 Å². The maximum atomic E-state index is 13.4. The van der Waals surface area contributed by atoms with Gasteiger partial charge in [0.2, 0.25) is 12.7 Å². The Kier molecular flexibility index (Phi) is 5.66.